The fourth-order valence-corrected chi connectivity index (χ4v) is 5.33. The SMILES string of the molecule is Oc1c(C(O)c2nc3ccccc3s2)cc(C(O)c2nc3ccccc3s2)c(O)c1O. The van der Waals surface area contributed by atoms with Crippen LogP contribution in [0.25, 0.3) is 20.4 Å². The van der Waals surface area contributed by atoms with Crippen molar-refractivity contribution in [1.29, 1.82) is 0 Å². The maximum atomic E-state index is 10.9. The van der Waals surface area contributed by atoms with E-state index in [-0.39, 0.29) is 11.1 Å². The third-order valence-electron chi connectivity index (χ3n) is 4.98. The molecule has 5 N–H and O–H groups in total. The summed E-state index contributed by atoms with van der Waals surface area (Å²) < 4.78 is 1.71. The quantitative estimate of drug-likeness (QED) is 0.259. The Morgan fingerprint density at radius 1 is 0.613 bits per heavy atom. The Hall–Kier alpha value is -3.24. The minimum atomic E-state index is -1.37. The first-order chi connectivity index (χ1) is 14.9. The summed E-state index contributed by atoms with van der Waals surface area (Å²) in [5, 5.41) is 53.4. The highest BCUT2D eigenvalue weighted by Gasteiger charge is 2.28. The standard InChI is InChI=1S/C22H16N2O5S2/c25-16-10(18(27)21-23-12-5-1-3-7-14(12)30-21)9-11(17(26)20(16)29)19(28)22-24-13-6-2-4-8-15(13)31-22/h1-9,18-19,25-29H. The monoisotopic (exact) mass is 452 g/mol. The Labute approximate surface area is 183 Å². The lowest BCUT2D eigenvalue weighted by Crippen LogP contribution is -2.05. The zero-order valence-corrected chi connectivity index (χ0v) is 17.4. The topological polar surface area (TPSA) is 127 Å². The van der Waals surface area contributed by atoms with Crippen molar-refractivity contribution < 1.29 is 25.5 Å². The molecule has 156 valence electrons. The molecule has 0 bridgehead atoms. The number of aromatic hydroxyl groups is 3. The van der Waals surface area contributed by atoms with Crippen LogP contribution in [-0.4, -0.2) is 35.5 Å². The number of benzene rings is 3. The Balaban J connectivity index is 1.60. The van der Waals surface area contributed by atoms with E-state index in [0.29, 0.717) is 21.0 Å². The van der Waals surface area contributed by atoms with Gasteiger partial charge in [0.2, 0.25) is 5.75 Å². The summed E-state index contributed by atoms with van der Waals surface area (Å²) in [4.78, 5) is 8.77. The molecule has 0 amide bonds. The van der Waals surface area contributed by atoms with Gasteiger partial charge in [-0.05, 0) is 30.3 Å². The van der Waals surface area contributed by atoms with Crippen molar-refractivity contribution in [2.24, 2.45) is 0 Å². The highest BCUT2D eigenvalue weighted by molar-refractivity contribution is 7.19. The van der Waals surface area contributed by atoms with Crippen LogP contribution in [0.3, 0.4) is 0 Å². The molecule has 9 heteroatoms. The minimum absolute atomic E-state index is 0.0792. The summed E-state index contributed by atoms with van der Waals surface area (Å²) in [6, 6.07) is 16.0. The van der Waals surface area contributed by atoms with Crippen LogP contribution in [0.4, 0.5) is 0 Å². The number of hydrogen-bond acceptors (Lipinski definition) is 9. The number of thiazole rings is 2. The van der Waals surface area contributed by atoms with Crippen LogP contribution in [0.2, 0.25) is 0 Å². The number of aromatic nitrogens is 2. The predicted octanol–water partition coefficient (Wildman–Crippen LogP) is 4.19. The molecule has 0 aliphatic heterocycles. The van der Waals surface area contributed by atoms with E-state index >= 15 is 0 Å². The Morgan fingerprint density at radius 3 is 1.45 bits per heavy atom. The van der Waals surface area contributed by atoms with Gasteiger partial charge in [0.25, 0.3) is 0 Å². The van der Waals surface area contributed by atoms with Crippen molar-refractivity contribution in [3.63, 3.8) is 0 Å². The molecule has 2 aromatic heterocycles. The van der Waals surface area contributed by atoms with Gasteiger partial charge in [-0.15, -0.1) is 22.7 Å². The van der Waals surface area contributed by atoms with E-state index in [1.807, 2.05) is 36.4 Å². The second-order valence-corrected chi connectivity index (χ2v) is 9.07. The minimum Gasteiger partial charge on any atom is -0.504 e. The second kappa shape index (κ2) is 7.47. The zero-order chi connectivity index (χ0) is 21.7. The number of nitrogens with zero attached hydrogens (tertiary/aromatic N) is 2. The van der Waals surface area contributed by atoms with Crippen molar-refractivity contribution in [3.05, 3.63) is 75.7 Å². The molecule has 2 atom stereocenters. The molecule has 0 saturated heterocycles. The molecule has 31 heavy (non-hydrogen) atoms. The largest absolute Gasteiger partial charge is 0.504 e. The number of rotatable bonds is 4. The molecule has 0 spiro atoms. The molecule has 0 fully saturated rings. The molecule has 0 aliphatic rings. The lowest BCUT2D eigenvalue weighted by atomic mass is 9.99. The number of fused-ring (bicyclic) bond motifs is 2. The molecule has 0 radical (unpaired) electrons. The molecular formula is C22H16N2O5S2. The molecule has 5 rings (SSSR count). The smallest absolute Gasteiger partial charge is 0.201 e. The highest BCUT2D eigenvalue weighted by atomic mass is 32.1. The predicted molar refractivity (Wildman–Crippen MR) is 119 cm³/mol. The van der Waals surface area contributed by atoms with Crippen LogP contribution >= 0.6 is 22.7 Å². The molecule has 3 aromatic carbocycles. The van der Waals surface area contributed by atoms with E-state index in [1.165, 1.54) is 28.7 Å². The lowest BCUT2D eigenvalue weighted by Gasteiger charge is -2.17. The summed E-state index contributed by atoms with van der Waals surface area (Å²) in [7, 11) is 0. The first-order valence-corrected chi connectivity index (χ1v) is 10.9. The summed E-state index contributed by atoms with van der Waals surface area (Å²) in [6.45, 7) is 0. The number of phenolic OH excluding ortho intramolecular Hbond substituents is 3. The van der Waals surface area contributed by atoms with Crippen LogP contribution in [0.5, 0.6) is 17.2 Å². The van der Waals surface area contributed by atoms with E-state index < -0.39 is 29.5 Å². The molecular weight excluding hydrogens is 436 g/mol. The number of phenols is 3. The summed E-state index contributed by atoms with van der Waals surface area (Å²) >= 11 is 2.49. The van der Waals surface area contributed by atoms with E-state index in [1.54, 1.807) is 12.1 Å². The van der Waals surface area contributed by atoms with Crippen LogP contribution in [0.1, 0.15) is 33.4 Å². The Bertz CT molecular complexity index is 1260. The van der Waals surface area contributed by atoms with Crippen LogP contribution in [0.15, 0.2) is 54.6 Å². The van der Waals surface area contributed by atoms with Crippen LogP contribution < -0.4 is 0 Å². The van der Waals surface area contributed by atoms with Gasteiger partial charge in [-0.2, -0.15) is 0 Å². The average Bonchev–Trinajstić information content (AvgIpc) is 3.41. The molecule has 5 aromatic rings. The number of para-hydroxylation sites is 2. The number of aliphatic hydroxyl groups excluding tert-OH is 2. The average molecular weight is 453 g/mol. The first kappa shape index (κ1) is 19.7. The molecule has 0 aliphatic carbocycles. The van der Waals surface area contributed by atoms with Crippen molar-refractivity contribution >= 4 is 43.1 Å². The van der Waals surface area contributed by atoms with E-state index in [2.05, 4.69) is 9.97 Å². The maximum Gasteiger partial charge on any atom is 0.201 e. The molecule has 2 heterocycles. The van der Waals surface area contributed by atoms with Crippen molar-refractivity contribution in [2.45, 2.75) is 12.2 Å². The Morgan fingerprint density at radius 2 is 1.03 bits per heavy atom. The van der Waals surface area contributed by atoms with Crippen molar-refractivity contribution in [1.82, 2.24) is 9.97 Å². The molecule has 7 nitrogen and oxygen atoms in total. The van der Waals surface area contributed by atoms with E-state index in [4.69, 9.17) is 0 Å². The highest BCUT2D eigenvalue weighted by Crippen LogP contribution is 2.47. The summed E-state index contributed by atoms with van der Waals surface area (Å²) in [5.74, 6) is -2.18. The van der Waals surface area contributed by atoms with Gasteiger partial charge in [-0.3, -0.25) is 0 Å². The fourth-order valence-electron chi connectivity index (χ4n) is 3.39. The van der Waals surface area contributed by atoms with Gasteiger partial charge in [0.15, 0.2) is 11.5 Å². The van der Waals surface area contributed by atoms with E-state index in [0.717, 1.165) is 9.40 Å². The fraction of sp³-hybridized carbons (Fsp3) is 0.0909. The van der Waals surface area contributed by atoms with Gasteiger partial charge in [-0.1, -0.05) is 24.3 Å². The van der Waals surface area contributed by atoms with E-state index in [9.17, 15) is 25.5 Å². The van der Waals surface area contributed by atoms with Gasteiger partial charge < -0.3 is 25.5 Å². The lowest BCUT2D eigenvalue weighted by molar-refractivity contribution is 0.204. The maximum absolute atomic E-state index is 10.9. The molecule has 2 unspecified atom stereocenters. The van der Waals surface area contributed by atoms with Gasteiger partial charge in [0, 0.05) is 11.1 Å². The first-order valence-electron chi connectivity index (χ1n) is 9.28. The van der Waals surface area contributed by atoms with Gasteiger partial charge in [-0.25, -0.2) is 9.97 Å². The summed E-state index contributed by atoms with van der Waals surface area (Å²) in [6.07, 6.45) is -2.74. The van der Waals surface area contributed by atoms with Gasteiger partial charge >= 0.3 is 0 Å². The summed E-state index contributed by atoms with van der Waals surface area (Å²) in [5.41, 5.74) is 1.23. The van der Waals surface area contributed by atoms with Crippen molar-refractivity contribution in [2.75, 3.05) is 0 Å². The normalized spacial score (nSPS) is 13.6. The number of hydrogen-bond donors (Lipinski definition) is 5. The number of aliphatic hydroxyl groups is 2. The second-order valence-electron chi connectivity index (χ2n) is 6.95. The van der Waals surface area contributed by atoms with Gasteiger partial charge in [0.05, 0.1) is 20.4 Å². The zero-order valence-electron chi connectivity index (χ0n) is 15.8. The molecule has 0 saturated carbocycles. The van der Waals surface area contributed by atoms with Crippen LogP contribution in [-0.2, 0) is 0 Å². The van der Waals surface area contributed by atoms with Crippen molar-refractivity contribution in [3.8, 4) is 17.2 Å². The third-order valence-corrected chi connectivity index (χ3v) is 7.16. The Kier molecular flexibility index (Phi) is 4.75. The van der Waals surface area contributed by atoms with Gasteiger partial charge in [0.1, 0.15) is 22.2 Å². The third kappa shape index (κ3) is 3.28. The van der Waals surface area contributed by atoms with Crippen LogP contribution in [0, 0.1) is 0 Å².